The molecule has 0 unspecified atom stereocenters. The van der Waals surface area contributed by atoms with E-state index < -0.39 is 11.7 Å². The summed E-state index contributed by atoms with van der Waals surface area (Å²) < 4.78 is 45.8. The molecule has 2 aliphatic heterocycles. The van der Waals surface area contributed by atoms with Gasteiger partial charge in [-0.05, 0) is 41.8 Å². The van der Waals surface area contributed by atoms with Crippen molar-refractivity contribution < 1.29 is 22.7 Å². The Morgan fingerprint density at radius 2 is 1.63 bits per heavy atom. The number of likely N-dealkylation sites (tertiary alicyclic amines) is 1. The number of halogens is 3. The second-order valence-corrected chi connectivity index (χ2v) is 10.1. The third-order valence-corrected chi connectivity index (χ3v) is 7.67. The summed E-state index contributed by atoms with van der Waals surface area (Å²) in [4.78, 5) is 19.8. The molecule has 2 aliphatic rings. The average molecular weight is 524 g/mol. The quantitative estimate of drug-likeness (QED) is 0.434. The number of piperazine rings is 1. The molecule has 2 atom stereocenters. The van der Waals surface area contributed by atoms with Crippen molar-refractivity contribution in [3.63, 3.8) is 0 Å². The van der Waals surface area contributed by atoms with Crippen LogP contribution in [-0.4, -0.2) is 68.6 Å². The highest BCUT2D eigenvalue weighted by Gasteiger charge is 2.39. The Bertz CT molecular complexity index is 1240. The zero-order valence-electron chi connectivity index (χ0n) is 21.4. The molecule has 0 N–H and O–H groups in total. The molecule has 200 valence electrons. The molecule has 38 heavy (non-hydrogen) atoms. The molecular weight excluding hydrogens is 491 g/mol. The summed E-state index contributed by atoms with van der Waals surface area (Å²) in [6.07, 6.45) is -4.40. The van der Waals surface area contributed by atoms with Gasteiger partial charge in [-0.1, -0.05) is 42.5 Å². The Labute approximate surface area is 221 Å². The first-order valence-electron chi connectivity index (χ1n) is 12.9. The summed E-state index contributed by atoms with van der Waals surface area (Å²) in [5.74, 6) is 0.617. The third kappa shape index (κ3) is 5.80. The number of hydrogen-bond acceptors (Lipinski definition) is 4. The highest BCUT2D eigenvalue weighted by atomic mass is 19.4. The van der Waals surface area contributed by atoms with Crippen LogP contribution in [0, 0.1) is 5.92 Å². The minimum atomic E-state index is -4.40. The number of hydrogen-bond donors (Lipinski definition) is 0. The van der Waals surface area contributed by atoms with E-state index in [1.165, 1.54) is 12.1 Å². The largest absolute Gasteiger partial charge is 0.497 e. The van der Waals surface area contributed by atoms with Gasteiger partial charge >= 0.3 is 6.18 Å². The standard InChI is InChI=1S/C30H32F3N3O2/c1-38-27-12-6-11-26(18-27)35-15-13-34(14-16-35)19-24-20-36(29(37)22-7-3-2-4-8-22)21-28(24)23-9-5-10-25(17-23)30(31,32)33/h2-12,17-18,24,28H,13-16,19-21H2,1H3/t24-,28-/m1/s1. The molecule has 0 aromatic heterocycles. The Morgan fingerprint density at radius 3 is 2.34 bits per heavy atom. The third-order valence-electron chi connectivity index (χ3n) is 7.67. The van der Waals surface area contributed by atoms with Crippen LogP contribution in [0.5, 0.6) is 5.75 Å². The molecule has 0 bridgehead atoms. The maximum atomic E-state index is 13.5. The van der Waals surface area contributed by atoms with E-state index in [0.29, 0.717) is 24.2 Å². The summed E-state index contributed by atoms with van der Waals surface area (Å²) in [5.41, 5.74) is 1.71. The summed E-state index contributed by atoms with van der Waals surface area (Å²) >= 11 is 0. The van der Waals surface area contributed by atoms with Gasteiger partial charge in [0.25, 0.3) is 5.91 Å². The predicted molar refractivity (Wildman–Crippen MR) is 142 cm³/mol. The van der Waals surface area contributed by atoms with Crippen LogP contribution < -0.4 is 9.64 Å². The number of ether oxygens (including phenoxy) is 1. The molecule has 0 radical (unpaired) electrons. The lowest BCUT2D eigenvalue weighted by Crippen LogP contribution is -2.48. The van der Waals surface area contributed by atoms with Gasteiger partial charge in [-0.15, -0.1) is 0 Å². The average Bonchev–Trinajstić information content (AvgIpc) is 3.37. The van der Waals surface area contributed by atoms with Crippen molar-refractivity contribution in [3.05, 3.63) is 95.6 Å². The van der Waals surface area contributed by atoms with Crippen molar-refractivity contribution in [1.82, 2.24) is 9.80 Å². The van der Waals surface area contributed by atoms with Crippen LogP contribution in [-0.2, 0) is 6.18 Å². The van der Waals surface area contributed by atoms with Crippen LogP contribution in [0.3, 0.4) is 0 Å². The molecule has 3 aromatic carbocycles. The molecule has 0 aliphatic carbocycles. The van der Waals surface area contributed by atoms with Crippen LogP contribution in [0.4, 0.5) is 18.9 Å². The van der Waals surface area contributed by atoms with E-state index in [4.69, 9.17) is 4.74 Å². The summed E-state index contributed by atoms with van der Waals surface area (Å²) in [5, 5.41) is 0. The molecule has 1 amide bonds. The van der Waals surface area contributed by atoms with Crippen LogP contribution >= 0.6 is 0 Å². The van der Waals surface area contributed by atoms with Crippen molar-refractivity contribution in [3.8, 4) is 5.75 Å². The van der Waals surface area contributed by atoms with Crippen molar-refractivity contribution in [1.29, 1.82) is 0 Å². The number of amides is 1. The zero-order valence-corrected chi connectivity index (χ0v) is 21.4. The highest BCUT2D eigenvalue weighted by Crippen LogP contribution is 2.37. The smallest absolute Gasteiger partial charge is 0.416 e. The molecular formula is C30H32F3N3O2. The van der Waals surface area contributed by atoms with E-state index in [1.807, 2.05) is 36.4 Å². The van der Waals surface area contributed by atoms with E-state index >= 15 is 0 Å². The summed E-state index contributed by atoms with van der Waals surface area (Å²) in [6, 6.07) is 22.7. The fourth-order valence-electron chi connectivity index (χ4n) is 5.64. The fourth-order valence-corrected chi connectivity index (χ4v) is 5.64. The predicted octanol–water partition coefficient (Wildman–Crippen LogP) is 5.39. The number of nitrogens with zero attached hydrogens (tertiary/aromatic N) is 3. The van der Waals surface area contributed by atoms with Gasteiger partial charge in [0.05, 0.1) is 12.7 Å². The first kappa shape index (κ1) is 26.1. The van der Waals surface area contributed by atoms with Crippen LogP contribution in [0.25, 0.3) is 0 Å². The maximum Gasteiger partial charge on any atom is 0.416 e. The number of carbonyl (C=O) groups is 1. The van der Waals surface area contributed by atoms with Gasteiger partial charge in [-0.3, -0.25) is 9.69 Å². The van der Waals surface area contributed by atoms with Gasteiger partial charge in [-0.25, -0.2) is 0 Å². The molecule has 2 fully saturated rings. The van der Waals surface area contributed by atoms with E-state index in [-0.39, 0.29) is 17.7 Å². The van der Waals surface area contributed by atoms with Gasteiger partial charge in [0.2, 0.25) is 0 Å². The van der Waals surface area contributed by atoms with Crippen molar-refractivity contribution in [2.45, 2.75) is 12.1 Å². The SMILES string of the molecule is COc1cccc(N2CCN(C[C@@H]3CN(C(=O)c4ccccc4)C[C@@H]3c3cccc(C(F)(F)F)c3)CC2)c1. The summed E-state index contributed by atoms with van der Waals surface area (Å²) in [6.45, 7) is 5.03. The van der Waals surface area contributed by atoms with E-state index in [9.17, 15) is 18.0 Å². The molecule has 3 aromatic rings. The lowest BCUT2D eigenvalue weighted by Gasteiger charge is -2.38. The molecule has 8 heteroatoms. The first-order valence-corrected chi connectivity index (χ1v) is 12.9. The highest BCUT2D eigenvalue weighted by molar-refractivity contribution is 5.94. The molecule has 0 saturated carbocycles. The lowest BCUT2D eigenvalue weighted by molar-refractivity contribution is -0.137. The van der Waals surface area contributed by atoms with Crippen LogP contribution in [0.1, 0.15) is 27.4 Å². The minimum absolute atomic E-state index is 0.0366. The van der Waals surface area contributed by atoms with Crippen molar-refractivity contribution in [2.75, 3.05) is 57.8 Å². The van der Waals surface area contributed by atoms with Gasteiger partial charge in [-0.2, -0.15) is 13.2 Å². The molecule has 5 rings (SSSR count). The van der Waals surface area contributed by atoms with Crippen molar-refractivity contribution in [2.24, 2.45) is 5.92 Å². The Hall–Kier alpha value is -3.52. The van der Waals surface area contributed by atoms with Gasteiger partial charge in [0.15, 0.2) is 0 Å². The molecule has 2 saturated heterocycles. The monoisotopic (exact) mass is 523 g/mol. The minimum Gasteiger partial charge on any atom is -0.497 e. The van der Waals surface area contributed by atoms with Crippen LogP contribution in [0.2, 0.25) is 0 Å². The van der Waals surface area contributed by atoms with Gasteiger partial charge < -0.3 is 14.5 Å². The molecule has 5 nitrogen and oxygen atoms in total. The molecule has 2 heterocycles. The number of anilines is 1. The number of alkyl halides is 3. The first-order chi connectivity index (χ1) is 18.3. The van der Waals surface area contributed by atoms with Crippen molar-refractivity contribution >= 4 is 11.6 Å². The lowest BCUT2D eigenvalue weighted by atomic mass is 9.87. The Morgan fingerprint density at radius 1 is 0.895 bits per heavy atom. The van der Waals surface area contributed by atoms with Gasteiger partial charge in [0, 0.05) is 69.0 Å². The number of rotatable bonds is 6. The second kappa shape index (κ2) is 11.1. The fraction of sp³-hybridized carbons (Fsp3) is 0.367. The van der Waals surface area contributed by atoms with E-state index in [0.717, 1.165) is 50.2 Å². The number of carbonyl (C=O) groups excluding carboxylic acids is 1. The normalized spacial score (nSPS) is 20.5. The van der Waals surface area contributed by atoms with Gasteiger partial charge in [0.1, 0.15) is 5.75 Å². The molecule has 0 spiro atoms. The number of benzene rings is 3. The van der Waals surface area contributed by atoms with E-state index in [2.05, 4.69) is 15.9 Å². The Kier molecular flexibility index (Phi) is 7.61. The Balaban J connectivity index is 1.32. The second-order valence-electron chi connectivity index (χ2n) is 10.1. The van der Waals surface area contributed by atoms with Crippen LogP contribution in [0.15, 0.2) is 78.9 Å². The number of methoxy groups -OCH3 is 1. The topological polar surface area (TPSA) is 36.0 Å². The zero-order chi connectivity index (χ0) is 26.7. The maximum absolute atomic E-state index is 13.5. The van der Waals surface area contributed by atoms with E-state index in [1.54, 1.807) is 30.2 Å². The summed E-state index contributed by atoms with van der Waals surface area (Å²) in [7, 11) is 1.66.